The summed E-state index contributed by atoms with van der Waals surface area (Å²) < 4.78 is 53.5. The zero-order valence-corrected chi connectivity index (χ0v) is 14.9. The maximum Gasteiger partial charge on any atom is 0.327 e. The minimum Gasteiger partial charge on any atom is -0.480 e. The second kappa shape index (κ2) is 7.15. The molecule has 0 radical (unpaired) electrons. The molecule has 0 aliphatic rings. The zero-order chi connectivity index (χ0) is 18.9. The standard InChI is InChI=1S/C15H11Cl2F2NO4S/c1-8(15(21)22)20(13-5-3-10(18)7-12(13)19)25(23,24)14-6-9(16)2-4-11(14)17/h2-8H,1H3,(H,21,22). The Morgan fingerprint density at radius 3 is 2.36 bits per heavy atom. The molecule has 0 aromatic heterocycles. The minimum atomic E-state index is -4.61. The van der Waals surface area contributed by atoms with Crippen molar-refractivity contribution in [2.24, 2.45) is 0 Å². The highest BCUT2D eigenvalue weighted by Gasteiger charge is 2.36. The quantitative estimate of drug-likeness (QED) is 0.811. The van der Waals surface area contributed by atoms with Crippen LogP contribution in [-0.4, -0.2) is 25.5 Å². The first kappa shape index (κ1) is 19.4. The number of carbonyl (C=O) groups is 1. The van der Waals surface area contributed by atoms with Gasteiger partial charge in [-0.1, -0.05) is 23.2 Å². The van der Waals surface area contributed by atoms with Gasteiger partial charge in [-0.3, -0.25) is 0 Å². The molecule has 0 spiro atoms. The normalized spacial score (nSPS) is 12.7. The van der Waals surface area contributed by atoms with Crippen LogP contribution < -0.4 is 4.31 Å². The van der Waals surface area contributed by atoms with E-state index in [1.165, 1.54) is 12.1 Å². The average molecular weight is 410 g/mol. The Labute approximate surface area is 152 Å². The number of nitrogens with zero attached hydrogens (tertiary/aromatic N) is 1. The van der Waals surface area contributed by atoms with E-state index in [0.29, 0.717) is 10.4 Å². The molecular weight excluding hydrogens is 399 g/mol. The summed E-state index contributed by atoms with van der Waals surface area (Å²) in [6.07, 6.45) is 0. The van der Waals surface area contributed by atoms with E-state index in [1.54, 1.807) is 0 Å². The van der Waals surface area contributed by atoms with Gasteiger partial charge >= 0.3 is 5.97 Å². The molecule has 134 valence electrons. The van der Waals surface area contributed by atoms with Gasteiger partial charge in [0.05, 0.1) is 10.7 Å². The van der Waals surface area contributed by atoms with Crippen molar-refractivity contribution in [2.75, 3.05) is 4.31 Å². The Hall–Kier alpha value is -1.90. The van der Waals surface area contributed by atoms with Gasteiger partial charge in [-0.05, 0) is 37.3 Å². The first-order valence-corrected chi connectivity index (χ1v) is 8.92. The first-order chi connectivity index (χ1) is 11.6. The summed E-state index contributed by atoms with van der Waals surface area (Å²) in [5, 5.41) is 9.04. The van der Waals surface area contributed by atoms with Crippen LogP contribution in [0.2, 0.25) is 10.0 Å². The van der Waals surface area contributed by atoms with E-state index in [1.807, 2.05) is 0 Å². The molecule has 0 bridgehead atoms. The number of hydrogen-bond donors (Lipinski definition) is 1. The van der Waals surface area contributed by atoms with Crippen LogP contribution in [0.25, 0.3) is 0 Å². The molecule has 0 amide bonds. The van der Waals surface area contributed by atoms with Crippen molar-refractivity contribution in [1.82, 2.24) is 0 Å². The molecule has 0 heterocycles. The highest BCUT2D eigenvalue weighted by atomic mass is 35.5. The molecule has 1 unspecified atom stereocenters. The van der Waals surface area contributed by atoms with Crippen LogP contribution in [0, 0.1) is 11.6 Å². The van der Waals surface area contributed by atoms with Crippen molar-refractivity contribution >= 4 is 44.9 Å². The van der Waals surface area contributed by atoms with E-state index in [-0.39, 0.29) is 10.0 Å². The Balaban J connectivity index is 2.75. The summed E-state index contributed by atoms with van der Waals surface area (Å²) in [6.45, 7) is 1.04. The molecule has 0 aliphatic carbocycles. The molecule has 1 atom stereocenters. The molecule has 5 nitrogen and oxygen atoms in total. The molecule has 2 rings (SSSR count). The smallest absolute Gasteiger partial charge is 0.327 e. The number of rotatable bonds is 5. The Morgan fingerprint density at radius 1 is 1.16 bits per heavy atom. The van der Waals surface area contributed by atoms with Crippen LogP contribution >= 0.6 is 23.2 Å². The van der Waals surface area contributed by atoms with Crippen LogP contribution in [0.4, 0.5) is 14.5 Å². The Morgan fingerprint density at radius 2 is 1.80 bits per heavy atom. The van der Waals surface area contributed by atoms with Gasteiger partial charge in [-0.15, -0.1) is 0 Å². The zero-order valence-electron chi connectivity index (χ0n) is 12.6. The predicted molar refractivity (Wildman–Crippen MR) is 89.6 cm³/mol. The van der Waals surface area contributed by atoms with Gasteiger partial charge < -0.3 is 5.11 Å². The van der Waals surface area contributed by atoms with E-state index < -0.39 is 44.3 Å². The van der Waals surface area contributed by atoms with Crippen molar-refractivity contribution < 1.29 is 27.1 Å². The Bertz CT molecular complexity index is 937. The maximum absolute atomic E-state index is 14.2. The Kier molecular flexibility index (Phi) is 5.55. The van der Waals surface area contributed by atoms with Crippen molar-refractivity contribution in [2.45, 2.75) is 17.9 Å². The monoisotopic (exact) mass is 409 g/mol. The third-order valence-electron chi connectivity index (χ3n) is 3.29. The lowest BCUT2D eigenvalue weighted by Crippen LogP contribution is -2.44. The fraction of sp³-hybridized carbons (Fsp3) is 0.133. The van der Waals surface area contributed by atoms with Crippen LogP contribution in [0.1, 0.15) is 6.92 Å². The summed E-state index contributed by atoms with van der Waals surface area (Å²) >= 11 is 11.7. The number of anilines is 1. The molecule has 0 aliphatic heterocycles. The lowest BCUT2D eigenvalue weighted by atomic mass is 10.2. The van der Waals surface area contributed by atoms with Crippen LogP contribution in [0.5, 0.6) is 0 Å². The minimum absolute atomic E-state index is 0.0329. The summed E-state index contributed by atoms with van der Waals surface area (Å²) in [7, 11) is -4.61. The fourth-order valence-corrected chi connectivity index (χ4v) is 4.45. The van der Waals surface area contributed by atoms with Gasteiger partial charge in [0.25, 0.3) is 10.0 Å². The van der Waals surface area contributed by atoms with Gasteiger partial charge in [0.15, 0.2) is 0 Å². The molecule has 0 saturated heterocycles. The molecule has 25 heavy (non-hydrogen) atoms. The molecule has 2 aromatic carbocycles. The average Bonchev–Trinajstić information content (AvgIpc) is 2.51. The van der Waals surface area contributed by atoms with Crippen molar-refractivity contribution in [3.8, 4) is 0 Å². The molecular formula is C15H11Cl2F2NO4S. The van der Waals surface area contributed by atoms with Crippen molar-refractivity contribution in [3.05, 3.63) is 58.1 Å². The number of hydrogen-bond acceptors (Lipinski definition) is 3. The summed E-state index contributed by atoms with van der Waals surface area (Å²) in [5.41, 5.74) is -0.632. The summed E-state index contributed by atoms with van der Waals surface area (Å²) in [4.78, 5) is 10.9. The van der Waals surface area contributed by atoms with Crippen LogP contribution in [-0.2, 0) is 14.8 Å². The highest BCUT2D eigenvalue weighted by molar-refractivity contribution is 7.93. The maximum atomic E-state index is 14.2. The largest absolute Gasteiger partial charge is 0.480 e. The lowest BCUT2D eigenvalue weighted by Gasteiger charge is -2.28. The number of sulfonamides is 1. The van der Waals surface area contributed by atoms with Crippen molar-refractivity contribution in [3.63, 3.8) is 0 Å². The van der Waals surface area contributed by atoms with E-state index in [0.717, 1.165) is 25.1 Å². The molecule has 0 saturated carbocycles. The molecule has 1 N–H and O–H groups in total. The second-order valence-electron chi connectivity index (χ2n) is 4.99. The van der Waals surface area contributed by atoms with Gasteiger partial charge in [0, 0.05) is 11.1 Å². The number of aliphatic carboxylic acids is 1. The van der Waals surface area contributed by atoms with E-state index in [2.05, 4.69) is 0 Å². The van der Waals surface area contributed by atoms with Gasteiger partial charge in [-0.2, -0.15) is 0 Å². The van der Waals surface area contributed by atoms with Crippen molar-refractivity contribution in [1.29, 1.82) is 0 Å². The van der Waals surface area contributed by atoms with Crippen LogP contribution in [0.3, 0.4) is 0 Å². The molecule has 0 fully saturated rings. The highest BCUT2D eigenvalue weighted by Crippen LogP contribution is 2.33. The second-order valence-corrected chi connectivity index (χ2v) is 7.61. The van der Waals surface area contributed by atoms with E-state index >= 15 is 0 Å². The third-order valence-corrected chi connectivity index (χ3v) is 5.89. The van der Waals surface area contributed by atoms with E-state index in [4.69, 9.17) is 23.2 Å². The summed E-state index contributed by atoms with van der Waals surface area (Å²) in [6, 6.07) is 3.97. The fourth-order valence-electron chi connectivity index (χ4n) is 2.09. The number of carboxylic acids is 1. The number of carboxylic acid groups (broad SMARTS) is 1. The van der Waals surface area contributed by atoms with E-state index in [9.17, 15) is 27.1 Å². The van der Waals surface area contributed by atoms with Gasteiger partial charge in [-0.25, -0.2) is 26.3 Å². The first-order valence-electron chi connectivity index (χ1n) is 6.73. The summed E-state index contributed by atoms with van der Waals surface area (Å²) in [5.74, 6) is -3.72. The number of halogens is 4. The SMILES string of the molecule is CC(C(=O)O)N(c1ccc(F)cc1F)S(=O)(=O)c1cc(Cl)ccc1Cl. The number of benzene rings is 2. The lowest BCUT2D eigenvalue weighted by molar-refractivity contribution is -0.137. The van der Waals surface area contributed by atoms with Gasteiger partial charge in [0.2, 0.25) is 0 Å². The molecule has 10 heteroatoms. The molecule has 2 aromatic rings. The third kappa shape index (κ3) is 3.86. The van der Waals surface area contributed by atoms with Gasteiger partial charge in [0.1, 0.15) is 22.6 Å². The van der Waals surface area contributed by atoms with Crippen LogP contribution in [0.15, 0.2) is 41.3 Å². The topological polar surface area (TPSA) is 74.7 Å². The predicted octanol–water partition coefficient (Wildman–Crippen LogP) is 3.94.